The van der Waals surface area contributed by atoms with Gasteiger partial charge in [0.1, 0.15) is 11.2 Å². The van der Waals surface area contributed by atoms with Gasteiger partial charge in [0.05, 0.1) is 0 Å². The maximum absolute atomic E-state index is 11.7. The van der Waals surface area contributed by atoms with E-state index in [0.29, 0.717) is 11.4 Å². The van der Waals surface area contributed by atoms with Gasteiger partial charge in [-0.25, -0.2) is 14.9 Å². The minimum absolute atomic E-state index is 0.000854. The molecular formula is C13H17N5O4. The highest BCUT2D eigenvalue weighted by molar-refractivity contribution is 5.92. The lowest BCUT2D eigenvalue weighted by Crippen LogP contribution is -2.23. The molecule has 1 amide bonds. The lowest BCUT2D eigenvalue weighted by Gasteiger charge is -2.12. The zero-order valence-corrected chi connectivity index (χ0v) is 11.8. The van der Waals surface area contributed by atoms with Crippen LogP contribution in [0.3, 0.4) is 0 Å². The smallest absolute Gasteiger partial charge is 0.411 e. The summed E-state index contributed by atoms with van der Waals surface area (Å²) < 4.78 is 5.27. The number of nitrogens with zero attached hydrogens (tertiary/aromatic N) is 2. The summed E-state index contributed by atoms with van der Waals surface area (Å²) in [7, 11) is 0. The van der Waals surface area contributed by atoms with Crippen LogP contribution in [0.5, 0.6) is 0 Å². The van der Waals surface area contributed by atoms with Gasteiger partial charge in [-0.05, 0) is 49.9 Å². The molecule has 0 aliphatic heterocycles. The third-order valence-corrected chi connectivity index (χ3v) is 3.17. The van der Waals surface area contributed by atoms with E-state index in [1.807, 2.05) is 0 Å². The predicted molar refractivity (Wildman–Crippen MR) is 81.0 cm³/mol. The van der Waals surface area contributed by atoms with Crippen molar-refractivity contribution < 1.29 is 14.6 Å². The number of guanidine groups is 1. The molecule has 0 atom stereocenters. The number of hydrazone groups is 1. The highest BCUT2D eigenvalue weighted by Gasteiger charge is 2.19. The maximum Gasteiger partial charge on any atom is 0.411 e. The number of nitrogens with two attached hydrogens (primary N) is 1. The van der Waals surface area contributed by atoms with E-state index in [-0.39, 0.29) is 12.1 Å². The number of hydrogen-bond donors (Lipinski definition) is 3. The topological polar surface area (TPSA) is 132 Å². The summed E-state index contributed by atoms with van der Waals surface area (Å²) in [5.74, 6) is -0.327. The van der Waals surface area contributed by atoms with Gasteiger partial charge in [-0.15, -0.1) is 0 Å². The molecule has 0 unspecified atom stereocenters. The van der Waals surface area contributed by atoms with Gasteiger partial charge in [0.25, 0.3) is 5.96 Å². The second kappa shape index (κ2) is 7.25. The summed E-state index contributed by atoms with van der Waals surface area (Å²) in [5, 5.41) is 17.4. The molecule has 0 bridgehead atoms. The molecule has 0 heterocycles. The maximum atomic E-state index is 11.7. The SMILES string of the molecule is N/C(=N\[N+](=O)[O-])Nc1ccc(NC(=O)OC2CCCC2)cc1. The number of amides is 1. The van der Waals surface area contributed by atoms with Gasteiger partial charge in [-0.1, -0.05) is 0 Å². The van der Waals surface area contributed by atoms with Gasteiger partial charge < -0.3 is 15.8 Å². The van der Waals surface area contributed by atoms with Gasteiger partial charge in [0.2, 0.25) is 0 Å². The van der Waals surface area contributed by atoms with Crippen molar-refractivity contribution in [1.29, 1.82) is 0 Å². The van der Waals surface area contributed by atoms with Crippen molar-refractivity contribution in [1.82, 2.24) is 0 Å². The first kappa shape index (κ1) is 15.5. The molecule has 22 heavy (non-hydrogen) atoms. The Bertz CT molecular complexity index is 566. The first-order chi connectivity index (χ1) is 10.5. The normalized spacial score (nSPS) is 15.4. The van der Waals surface area contributed by atoms with Gasteiger partial charge in [0, 0.05) is 11.4 Å². The third kappa shape index (κ3) is 4.93. The van der Waals surface area contributed by atoms with Crippen LogP contribution in [-0.2, 0) is 4.74 Å². The third-order valence-electron chi connectivity index (χ3n) is 3.17. The monoisotopic (exact) mass is 307 g/mol. The van der Waals surface area contributed by atoms with E-state index in [2.05, 4.69) is 15.7 Å². The van der Waals surface area contributed by atoms with E-state index in [4.69, 9.17) is 10.5 Å². The van der Waals surface area contributed by atoms with Crippen LogP contribution < -0.4 is 16.4 Å². The van der Waals surface area contributed by atoms with Crippen LogP contribution in [0, 0.1) is 10.1 Å². The number of nitrogens with one attached hydrogen (secondary N) is 2. The number of carbonyl (C=O) groups is 1. The molecule has 0 aromatic heterocycles. The van der Waals surface area contributed by atoms with Crippen LogP contribution in [0.25, 0.3) is 0 Å². The van der Waals surface area contributed by atoms with Gasteiger partial charge in [-0.2, -0.15) is 0 Å². The number of nitro groups is 1. The highest BCUT2D eigenvalue weighted by Crippen LogP contribution is 2.21. The molecule has 1 aliphatic carbocycles. The van der Waals surface area contributed by atoms with Crippen LogP contribution in [0.15, 0.2) is 29.4 Å². The summed E-state index contributed by atoms with van der Waals surface area (Å²) in [6.45, 7) is 0. The van der Waals surface area contributed by atoms with E-state index in [0.717, 1.165) is 25.7 Å². The Kier molecular flexibility index (Phi) is 5.12. The molecule has 0 spiro atoms. The Labute approximate surface area is 126 Å². The van der Waals surface area contributed by atoms with Crippen molar-refractivity contribution in [3.8, 4) is 0 Å². The highest BCUT2D eigenvalue weighted by atomic mass is 16.7. The number of rotatable bonds is 4. The van der Waals surface area contributed by atoms with Crippen LogP contribution in [0.4, 0.5) is 16.2 Å². The fourth-order valence-electron chi connectivity index (χ4n) is 2.20. The number of anilines is 2. The molecule has 2 rings (SSSR count). The Morgan fingerprint density at radius 1 is 1.23 bits per heavy atom. The van der Waals surface area contributed by atoms with E-state index in [1.165, 1.54) is 0 Å². The molecule has 0 radical (unpaired) electrons. The predicted octanol–water partition coefficient (Wildman–Crippen LogP) is 2.10. The molecule has 0 saturated heterocycles. The van der Waals surface area contributed by atoms with Gasteiger partial charge >= 0.3 is 6.09 Å². The Balaban J connectivity index is 1.85. The lowest BCUT2D eigenvalue weighted by atomic mass is 10.3. The molecular weight excluding hydrogens is 290 g/mol. The summed E-state index contributed by atoms with van der Waals surface area (Å²) in [6, 6.07) is 6.45. The minimum atomic E-state index is -0.892. The largest absolute Gasteiger partial charge is 0.446 e. The van der Waals surface area contributed by atoms with Crippen molar-refractivity contribution >= 4 is 23.4 Å². The number of ether oxygens (including phenoxy) is 1. The van der Waals surface area contributed by atoms with E-state index in [9.17, 15) is 14.9 Å². The minimum Gasteiger partial charge on any atom is -0.446 e. The van der Waals surface area contributed by atoms with Crippen LogP contribution >= 0.6 is 0 Å². The number of benzene rings is 1. The zero-order valence-electron chi connectivity index (χ0n) is 11.8. The Morgan fingerprint density at radius 2 is 1.77 bits per heavy atom. The molecule has 1 aromatic carbocycles. The average Bonchev–Trinajstić information content (AvgIpc) is 2.92. The molecule has 1 fully saturated rings. The fraction of sp³-hybridized carbons (Fsp3) is 0.385. The summed E-state index contributed by atoms with van der Waals surface area (Å²) in [4.78, 5) is 21.8. The quantitative estimate of drug-likeness (QED) is 0.338. The molecule has 4 N–H and O–H groups in total. The summed E-state index contributed by atoms with van der Waals surface area (Å²) in [6.07, 6.45) is 3.51. The van der Waals surface area contributed by atoms with Crippen LogP contribution in [-0.4, -0.2) is 23.2 Å². The van der Waals surface area contributed by atoms with Crippen molar-refractivity contribution in [2.45, 2.75) is 31.8 Å². The fourth-order valence-corrected chi connectivity index (χ4v) is 2.20. The van der Waals surface area contributed by atoms with E-state index >= 15 is 0 Å². The zero-order chi connectivity index (χ0) is 15.9. The van der Waals surface area contributed by atoms with Crippen molar-refractivity contribution in [2.24, 2.45) is 10.8 Å². The molecule has 1 aromatic rings. The first-order valence-corrected chi connectivity index (χ1v) is 6.86. The lowest BCUT2D eigenvalue weighted by molar-refractivity contribution is -0.485. The molecule has 9 nitrogen and oxygen atoms in total. The van der Waals surface area contributed by atoms with E-state index in [1.54, 1.807) is 24.3 Å². The summed E-state index contributed by atoms with van der Waals surface area (Å²) in [5.41, 5.74) is 6.39. The first-order valence-electron chi connectivity index (χ1n) is 6.86. The van der Waals surface area contributed by atoms with Crippen molar-refractivity contribution in [2.75, 3.05) is 10.6 Å². The van der Waals surface area contributed by atoms with Gasteiger partial charge in [-0.3, -0.25) is 5.32 Å². The van der Waals surface area contributed by atoms with E-state index < -0.39 is 11.1 Å². The van der Waals surface area contributed by atoms with Crippen molar-refractivity contribution in [3.63, 3.8) is 0 Å². The average molecular weight is 307 g/mol. The molecule has 1 saturated carbocycles. The Hall–Kier alpha value is -2.84. The second-order valence-electron chi connectivity index (χ2n) is 4.86. The number of carbonyl (C=O) groups excluding carboxylic acids is 1. The standard InChI is InChI=1S/C13H17N5O4/c14-12(17-18(20)21)15-9-5-7-10(8-6-9)16-13(19)22-11-3-1-2-4-11/h5-8,11H,1-4H2,(H,16,19)(H3,14,15,17). The molecule has 9 heteroatoms. The number of hydrogen-bond acceptors (Lipinski definition) is 4. The molecule has 118 valence electrons. The Morgan fingerprint density at radius 3 is 2.32 bits per heavy atom. The van der Waals surface area contributed by atoms with Crippen LogP contribution in [0.2, 0.25) is 0 Å². The van der Waals surface area contributed by atoms with Crippen LogP contribution in [0.1, 0.15) is 25.7 Å². The van der Waals surface area contributed by atoms with Crippen molar-refractivity contribution in [3.05, 3.63) is 34.4 Å². The van der Waals surface area contributed by atoms with Gasteiger partial charge in [0.15, 0.2) is 5.03 Å². The summed E-state index contributed by atoms with van der Waals surface area (Å²) >= 11 is 0. The second-order valence-corrected chi connectivity index (χ2v) is 4.86. The molecule has 1 aliphatic rings.